The summed E-state index contributed by atoms with van der Waals surface area (Å²) in [7, 11) is -3.68. The highest BCUT2D eigenvalue weighted by molar-refractivity contribution is 7.89. The van der Waals surface area contributed by atoms with E-state index in [2.05, 4.69) is 5.32 Å². The molecule has 0 radical (unpaired) electrons. The van der Waals surface area contributed by atoms with Crippen molar-refractivity contribution >= 4 is 39.0 Å². The fraction of sp³-hybridized carbons (Fsp3) is 0.333. The first-order valence-electron chi connectivity index (χ1n) is 9.58. The van der Waals surface area contributed by atoms with Crippen LogP contribution in [0.2, 0.25) is 5.02 Å². The molecule has 1 amide bonds. The number of hydrogen-bond acceptors (Lipinski definition) is 5. The Balaban J connectivity index is 2.07. The Morgan fingerprint density at radius 3 is 2.23 bits per heavy atom. The number of carbonyl (C=O) groups is 2. The lowest BCUT2D eigenvalue weighted by Gasteiger charge is -2.19. The Labute approximate surface area is 182 Å². The second kappa shape index (κ2) is 10.6. The molecule has 0 heterocycles. The number of hydrogen-bond donors (Lipinski definition) is 1. The third kappa shape index (κ3) is 5.81. The first-order valence-corrected chi connectivity index (χ1v) is 11.4. The predicted octanol–water partition coefficient (Wildman–Crippen LogP) is 3.98. The van der Waals surface area contributed by atoms with Gasteiger partial charge in [-0.05, 0) is 42.5 Å². The molecule has 0 atom stereocenters. The molecule has 0 aliphatic carbocycles. The first kappa shape index (κ1) is 23.9. The topological polar surface area (TPSA) is 92.8 Å². The SMILES string of the molecule is CCC(=O)c1ccc(OCC(=O)Nc2cc(S(=O)(=O)N(CC)CC)ccc2Cl)cc1. The van der Waals surface area contributed by atoms with Gasteiger partial charge in [-0.2, -0.15) is 4.31 Å². The van der Waals surface area contributed by atoms with E-state index in [1.807, 2.05) is 0 Å². The Morgan fingerprint density at radius 1 is 1.03 bits per heavy atom. The summed E-state index contributed by atoms with van der Waals surface area (Å²) in [6.45, 7) is 5.65. The fourth-order valence-corrected chi connectivity index (χ4v) is 4.40. The van der Waals surface area contributed by atoms with Crippen LogP contribution in [0.25, 0.3) is 0 Å². The molecule has 2 aromatic rings. The van der Waals surface area contributed by atoms with Crippen molar-refractivity contribution in [1.82, 2.24) is 4.31 Å². The summed E-state index contributed by atoms with van der Waals surface area (Å²) in [5, 5.41) is 2.79. The average molecular weight is 453 g/mol. The van der Waals surface area contributed by atoms with Crippen LogP contribution in [0, 0.1) is 0 Å². The molecule has 2 aromatic carbocycles. The molecular formula is C21H25ClN2O5S. The zero-order valence-electron chi connectivity index (χ0n) is 17.1. The van der Waals surface area contributed by atoms with Gasteiger partial charge in [-0.15, -0.1) is 0 Å². The van der Waals surface area contributed by atoms with E-state index in [1.54, 1.807) is 45.0 Å². The van der Waals surface area contributed by atoms with E-state index in [-0.39, 0.29) is 28.0 Å². The fourth-order valence-electron chi connectivity index (χ4n) is 2.75. The number of nitrogens with zero attached hydrogens (tertiary/aromatic N) is 1. The Morgan fingerprint density at radius 2 is 1.67 bits per heavy atom. The molecule has 162 valence electrons. The lowest BCUT2D eigenvalue weighted by atomic mass is 10.1. The van der Waals surface area contributed by atoms with Gasteiger partial charge in [0.25, 0.3) is 5.91 Å². The van der Waals surface area contributed by atoms with Crippen molar-refractivity contribution in [3.63, 3.8) is 0 Å². The van der Waals surface area contributed by atoms with Gasteiger partial charge in [-0.1, -0.05) is 32.4 Å². The van der Waals surface area contributed by atoms with Crippen LogP contribution in [-0.4, -0.2) is 44.1 Å². The summed E-state index contributed by atoms with van der Waals surface area (Å²) in [5.74, 6) is -0.0433. The Bertz CT molecular complexity index is 1000. The number of amides is 1. The van der Waals surface area contributed by atoms with Gasteiger partial charge in [-0.3, -0.25) is 9.59 Å². The zero-order chi connectivity index (χ0) is 22.3. The van der Waals surface area contributed by atoms with Gasteiger partial charge >= 0.3 is 0 Å². The van der Waals surface area contributed by atoms with Gasteiger partial charge in [0.15, 0.2) is 12.4 Å². The lowest BCUT2D eigenvalue weighted by molar-refractivity contribution is -0.118. The quantitative estimate of drug-likeness (QED) is 0.550. The molecule has 0 saturated carbocycles. The minimum Gasteiger partial charge on any atom is -0.484 e. The molecule has 7 nitrogen and oxygen atoms in total. The number of benzene rings is 2. The summed E-state index contributed by atoms with van der Waals surface area (Å²) in [6, 6.07) is 10.7. The molecule has 0 fully saturated rings. The monoisotopic (exact) mass is 452 g/mol. The van der Waals surface area contributed by atoms with Crippen LogP contribution in [0.3, 0.4) is 0 Å². The van der Waals surface area contributed by atoms with Gasteiger partial charge in [0, 0.05) is 25.1 Å². The Hall–Kier alpha value is -2.42. The van der Waals surface area contributed by atoms with Crippen LogP contribution in [0.4, 0.5) is 5.69 Å². The van der Waals surface area contributed by atoms with Crippen molar-refractivity contribution in [2.75, 3.05) is 25.0 Å². The highest BCUT2D eigenvalue weighted by Crippen LogP contribution is 2.27. The van der Waals surface area contributed by atoms with Crippen molar-refractivity contribution in [3.05, 3.63) is 53.1 Å². The first-order chi connectivity index (χ1) is 14.2. The Kier molecular flexibility index (Phi) is 8.40. The van der Waals surface area contributed by atoms with Crippen molar-refractivity contribution in [2.45, 2.75) is 32.1 Å². The number of carbonyl (C=O) groups excluding carboxylic acids is 2. The molecule has 0 saturated heterocycles. The number of Topliss-reactive ketones (excluding diaryl/α,β-unsaturated/α-hetero) is 1. The van der Waals surface area contributed by atoms with E-state index < -0.39 is 15.9 Å². The standard InChI is InChI=1S/C21H25ClN2O5S/c1-4-20(25)15-7-9-16(10-8-15)29-14-21(26)23-19-13-17(11-12-18(19)22)30(27,28)24(5-2)6-3/h7-13H,4-6,14H2,1-3H3,(H,23,26). The van der Waals surface area contributed by atoms with Gasteiger partial charge < -0.3 is 10.1 Å². The summed E-state index contributed by atoms with van der Waals surface area (Å²) in [5.41, 5.74) is 0.759. The summed E-state index contributed by atoms with van der Waals surface area (Å²) < 4.78 is 32.1. The third-order valence-electron chi connectivity index (χ3n) is 4.42. The van der Waals surface area contributed by atoms with Crippen LogP contribution in [0.5, 0.6) is 5.75 Å². The van der Waals surface area contributed by atoms with E-state index >= 15 is 0 Å². The maximum absolute atomic E-state index is 12.7. The molecule has 0 spiro atoms. The highest BCUT2D eigenvalue weighted by Gasteiger charge is 2.22. The second-order valence-electron chi connectivity index (χ2n) is 6.37. The normalized spacial score (nSPS) is 11.4. The maximum atomic E-state index is 12.7. The van der Waals surface area contributed by atoms with Crippen molar-refractivity contribution < 1.29 is 22.7 Å². The summed E-state index contributed by atoms with van der Waals surface area (Å²) >= 11 is 6.12. The molecule has 1 N–H and O–H groups in total. The van der Waals surface area contributed by atoms with Crippen molar-refractivity contribution in [2.24, 2.45) is 0 Å². The number of nitrogens with one attached hydrogen (secondary N) is 1. The molecule has 30 heavy (non-hydrogen) atoms. The van der Waals surface area contributed by atoms with Crippen LogP contribution in [0.1, 0.15) is 37.6 Å². The molecule has 0 aliphatic rings. The number of ketones is 1. The number of halogens is 1. The largest absolute Gasteiger partial charge is 0.484 e. The van der Waals surface area contributed by atoms with E-state index in [0.29, 0.717) is 30.8 Å². The molecule has 9 heteroatoms. The smallest absolute Gasteiger partial charge is 0.262 e. The second-order valence-corrected chi connectivity index (χ2v) is 8.71. The average Bonchev–Trinajstić information content (AvgIpc) is 2.74. The van der Waals surface area contributed by atoms with Crippen molar-refractivity contribution in [3.8, 4) is 5.75 Å². The van der Waals surface area contributed by atoms with Gasteiger partial charge in [0.2, 0.25) is 10.0 Å². The molecular weight excluding hydrogens is 428 g/mol. The van der Waals surface area contributed by atoms with Crippen LogP contribution in [0.15, 0.2) is 47.4 Å². The van der Waals surface area contributed by atoms with Crippen LogP contribution >= 0.6 is 11.6 Å². The zero-order valence-corrected chi connectivity index (χ0v) is 18.7. The lowest BCUT2D eigenvalue weighted by Crippen LogP contribution is -2.30. The number of rotatable bonds is 10. The third-order valence-corrected chi connectivity index (χ3v) is 6.80. The predicted molar refractivity (Wildman–Crippen MR) is 117 cm³/mol. The molecule has 0 aliphatic heterocycles. The minimum atomic E-state index is -3.68. The van der Waals surface area contributed by atoms with E-state index in [9.17, 15) is 18.0 Å². The molecule has 0 unspecified atom stereocenters. The van der Waals surface area contributed by atoms with Crippen LogP contribution in [-0.2, 0) is 14.8 Å². The van der Waals surface area contributed by atoms with Crippen molar-refractivity contribution in [1.29, 1.82) is 0 Å². The van der Waals surface area contributed by atoms with Gasteiger partial charge in [0.1, 0.15) is 5.75 Å². The molecule has 2 rings (SSSR count). The number of ether oxygens (including phenoxy) is 1. The maximum Gasteiger partial charge on any atom is 0.262 e. The highest BCUT2D eigenvalue weighted by atomic mass is 35.5. The van der Waals surface area contributed by atoms with Crippen LogP contribution < -0.4 is 10.1 Å². The molecule has 0 aromatic heterocycles. The van der Waals surface area contributed by atoms with E-state index in [4.69, 9.17) is 16.3 Å². The van der Waals surface area contributed by atoms with Gasteiger partial charge in [0.05, 0.1) is 15.6 Å². The van der Waals surface area contributed by atoms with Gasteiger partial charge in [-0.25, -0.2) is 8.42 Å². The van der Waals surface area contributed by atoms with E-state index in [1.165, 1.54) is 22.5 Å². The minimum absolute atomic E-state index is 0.0217. The number of sulfonamides is 1. The number of anilines is 1. The molecule has 0 bridgehead atoms. The summed E-state index contributed by atoms with van der Waals surface area (Å²) in [6.07, 6.45) is 0.409. The summed E-state index contributed by atoms with van der Waals surface area (Å²) in [4.78, 5) is 23.9. The van der Waals surface area contributed by atoms with E-state index in [0.717, 1.165) is 0 Å².